The van der Waals surface area contributed by atoms with E-state index < -0.39 is 5.60 Å². The monoisotopic (exact) mass is 393 g/mol. The molecular weight excluding hydrogens is 370 g/mol. The van der Waals surface area contributed by atoms with Crippen molar-refractivity contribution in [2.75, 3.05) is 26.3 Å². The van der Waals surface area contributed by atoms with Crippen molar-refractivity contribution in [3.8, 4) is 17.2 Å². The molecule has 0 aliphatic carbocycles. The summed E-state index contributed by atoms with van der Waals surface area (Å²) in [5.41, 5.74) is 0.732. The molecule has 1 unspecified atom stereocenters. The van der Waals surface area contributed by atoms with Gasteiger partial charge in [-0.2, -0.15) is 0 Å². The van der Waals surface area contributed by atoms with E-state index in [9.17, 15) is 9.59 Å². The number of Topliss-reactive ketones (excluding diaryl/α,β-unsaturated/α-hetero) is 1. The topological polar surface area (TPSA) is 65.1 Å². The zero-order valence-electron chi connectivity index (χ0n) is 16.2. The number of amides is 1. The molecule has 2 aromatic rings. The number of carbonyl (C=O) groups excluding carboxylic acids is 2. The molecule has 1 spiro atoms. The number of ether oxygens (including phenoxy) is 3. The van der Waals surface area contributed by atoms with Crippen LogP contribution in [-0.4, -0.2) is 48.5 Å². The highest BCUT2D eigenvalue weighted by atomic mass is 16.6. The molecule has 3 heterocycles. The minimum atomic E-state index is -0.521. The van der Waals surface area contributed by atoms with E-state index in [0.717, 1.165) is 12.8 Å². The predicted octanol–water partition coefficient (Wildman–Crippen LogP) is 3.49. The Balaban J connectivity index is 1.33. The molecular formula is C23H23NO5. The summed E-state index contributed by atoms with van der Waals surface area (Å²) in [6.45, 7) is 2.22. The number of ketones is 1. The molecule has 5 rings (SSSR count). The Labute approximate surface area is 169 Å². The van der Waals surface area contributed by atoms with Crippen LogP contribution >= 0.6 is 0 Å². The van der Waals surface area contributed by atoms with Gasteiger partial charge in [-0.25, -0.2) is 0 Å². The lowest BCUT2D eigenvalue weighted by Gasteiger charge is -2.37. The average molecular weight is 393 g/mol. The maximum Gasteiger partial charge on any atom is 0.253 e. The van der Waals surface area contributed by atoms with Gasteiger partial charge in [-0.1, -0.05) is 12.1 Å². The number of benzene rings is 2. The first-order chi connectivity index (χ1) is 14.1. The first kappa shape index (κ1) is 18.0. The fourth-order valence-corrected chi connectivity index (χ4v) is 4.45. The molecule has 1 amide bonds. The van der Waals surface area contributed by atoms with E-state index in [0.29, 0.717) is 67.5 Å². The first-order valence-corrected chi connectivity index (χ1v) is 10.1. The SMILES string of the molecule is O=C1CC2(CCCN(C(=O)c3ccc4c(c3)OCCO4)CC2)Oc2ccccc21. The molecule has 0 aromatic heterocycles. The van der Waals surface area contributed by atoms with E-state index in [1.165, 1.54) is 0 Å². The van der Waals surface area contributed by atoms with Crippen LogP contribution in [0.3, 0.4) is 0 Å². The summed E-state index contributed by atoms with van der Waals surface area (Å²) in [5.74, 6) is 2.05. The summed E-state index contributed by atoms with van der Waals surface area (Å²) in [4.78, 5) is 27.6. The van der Waals surface area contributed by atoms with Crippen LogP contribution in [0.15, 0.2) is 42.5 Å². The summed E-state index contributed by atoms with van der Waals surface area (Å²) in [6.07, 6.45) is 2.57. The summed E-state index contributed by atoms with van der Waals surface area (Å²) in [7, 11) is 0. The van der Waals surface area contributed by atoms with Gasteiger partial charge < -0.3 is 19.1 Å². The average Bonchev–Trinajstić information content (AvgIpc) is 2.95. The fraction of sp³-hybridized carbons (Fsp3) is 0.391. The van der Waals surface area contributed by atoms with Gasteiger partial charge in [-0.3, -0.25) is 9.59 Å². The van der Waals surface area contributed by atoms with Crippen LogP contribution in [-0.2, 0) is 0 Å². The largest absolute Gasteiger partial charge is 0.486 e. The van der Waals surface area contributed by atoms with E-state index >= 15 is 0 Å². The molecule has 1 fully saturated rings. The normalized spacial score (nSPS) is 23.2. The summed E-state index contributed by atoms with van der Waals surface area (Å²) in [6, 6.07) is 12.8. The second-order valence-electron chi connectivity index (χ2n) is 7.89. The highest BCUT2D eigenvalue weighted by molar-refractivity contribution is 6.00. The van der Waals surface area contributed by atoms with Gasteiger partial charge in [0, 0.05) is 25.1 Å². The summed E-state index contributed by atoms with van der Waals surface area (Å²) >= 11 is 0. The zero-order chi connectivity index (χ0) is 19.8. The lowest BCUT2D eigenvalue weighted by molar-refractivity contribution is 0.0300. The fourth-order valence-electron chi connectivity index (χ4n) is 4.45. The lowest BCUT2D eigenvalue weighted by Crippen LogP contribution is -2.43. The van der Waals surface area contributed by atoms with E-state index in [2.05, 4.69) is 0 Å². The van der Waals surface area contributed by atoms with Crippen LogP contribution < -0.4 is 14.2 Å². The van der Waals surface area contributed by atoms with Crippen molar-refractivity contribution in [2.24, 2.45) is 0 Å². The highest BCUT2D eigenvalue weighted by Crippen LogP contribution is 2.39. The standard InChI is InChI=1S/C23H23NO5/c25-18-15-23(29-19-5-2-1-4-17(18)19)8-3-10-24(11-9-23)22(26)16-6-7-20-21(14-16)28-13-12-27-20/h1-2,4-7,14H,3,8-13,15H2. The number of likely N-dealkylation sites (tertiary alicyclic amines) is 1. The van der Waals surface area contributed by atoms with Crippen molar-refractivity contribution in [3.63, 3.8) is 0 Å². The lowest BCUT2D eigenvalue weighted by atomic mass is 9.84. The number of rotatable bonds is 1. The van der Waals surface area contributed by atoms with Gasteiger partial charge in [-0.15, -0.1) is 0 Å². The summed E-state index contributed by atoms with van der Waals surface area (Å²) in [5, 5.41) is 0. The van der Waals surface area contributed by atoms with Crippen molar-refractivity contribution in [2.45, 2.75) is 31.3 Å². The Morgan fingerprint density at radius 2 is 1.76 bits per heavy atom. The highest BCUT2D eigenvalue weighted by Gasteiger charge is 2.42. The van der Waals surface area contributed by atoms with Crippen molar-refractivity contribution in [1.82, 2.24) is 4.90 Å². The number of para-hydroxylation sites is 1. The van der Waals surface area contributed by atoms with Crippen molar-refractivity contribution < 1.29 is 23.8 Å². The van der Waals surface area contributed by atoms with E-state index in [4.69, 9.17) is 14.2 Å². The number of fused-ring (bicyclic) bond motifs is 2. The number of hydrogen-bond donors (Lipinski definition) is 0. The van der Waals surface area contributed by atoms with Crippen molar-refractivity contribution in [3.05, 3.63) is 53.6 Å². The Kier molecular flexibility index (Phi) is 4.42. The molecule has 3 aliphatic heterocycles. The number of nitrogens with zero attached hydrogens (tertiary/aromatic N) is 1. The van der Waals surface area contributed by atoms with Crippen LogP contribution in [0.1, 0.15) is 46.4 Å². The Hall–Kier alpha value is -3.02. The predicted molar refractivity (Wildman–Crippen MR) is 106 cm³/mol. The van der Waals surface area contributed by atoms with Gasteiger partial charge >= 0.3 is 0 Å². The van der Waals surface area contributed by atoms with Gasteiger partial charge in [0.05, 0.1) is 12.0 Å². The third kappa shape index (κ3) is 3.33. The number of hydrogen-bond acceptors (Lipinski definition) is 5. The van der Waals surface area contributed by atoms with Gasteiger partial charge in [-0.05, 0) is 43.2 Å². The van der Waals surface area contributed by atoms with Gasteiger partial charge in [0.1, 0.15) is 24.6 Å². The molecule has 0 radical (unpaired) electrons. The van der Waals surface area contributed by atoms with Crippen LogP contribution in [0.5, 0.6) is 17.2 Å². The molecule has 3 aliphatic rings. The van der Waals surface area contributed by atoms with Crippen molar-refractivity contribution >= 4 is 11.7 Å². The Morgan fingerprint density at radius 1 is 0.931 bits per heavy atom. The minimum Gasteiger partial charge on any atom is -0.486 e. The summed E-state index contributed by atoms with van der Waals surface area (Å²) < 4.78 is 17.5. The molecule has 150 valence electrons. The van der Waals surface area contributed by atoms with Gasteiger partial charge in [0.15, 0.2) is 17.3 Å². The Morgan fingerprint density at radius 3 is 2.66 bits per heavy atom. The molecule has 1 atom stereocenters. The maximum atomic E-state index is 13.1. The molecule has 6 heteroatoms. The quantitative estimate of drug-likeness (QED) is 0.742. The van der Waals surface area contributed by atoms with Crippen LogP contribution in [0.25, 0.3) is 0 Å². The van der Waals surface area contributed by atoms with E-state index in [-0.39, 0.29) is 11.7 Å². The second-order valence-corrected chi connectivity index (χ2v) is 7.89. The zero-order valence-corrected chi connectivity index (χ0v) is 16.2. The van der Waals surface area contributed by atoms with Crippen LogP contribution in [0.2, 0.25) is 0 Å². The van der Waals surface area contributed by atoms with Gasteiger partial charge in [0.25, 0.3) is 5.91 Å². The molecule has 0 bridgehead atoms. The minimum absolute atomic E-state index is 0.0263. The molecule has 1 saturated heterocycles. The molecule has 0 saturated carbocycles. The van der Waals surface area contributed by atoms with E-state index in [1.807, 2.05) is 29.2 Å². The van der Waals surface area contributed by atoms with E-state index in [1.54, 1.807) is 18.2 Å². The van der Waals surface area contributed by atoms with Gasteiger partial charge in [0.2, 0.25) is 0 Å². The molecule has 6 nitrogen and oxygen atoms in total. The first-order valence-electron chi connectivity index (χ1n) is 10.1. The molecule has 2 aromatic carbocycles. The molecule has 0 N–H and O–H groups in total. The Bertz CT molecular complexity index is 971. The number of carbonyl (C=O) groups is 2. The molecule has 29 heavy (non-hydrogen) atoms. The van der Waals surface area contributed by atoms with Crippen LogP contribution in [0.4, 0.5) is 0 Å². The van der Waals surface area contributed by atoms with Crippen LogP contribution in [0, 0.1) is 0 Å². The maximum absolute atomic E-state index is 13.1. The second kappa shape index (κ2) is 7.10. The third-order valence-electron chi connectivity index (χ3n) is 5.97. The third-order valence-corrected chi connectivity index (χ3v) is 5.97. The van der Waals surface area contributed by atoms with Crippen molar-refractivity contribution in [1.29, 1.82) is 0 Å². The smallest absolute Gasteiger partial charge is 0.253 e.